The Kier molecular flexibility index (Phi) is 23.0. The van der Waals surface area contributed by atoms with E-state index in [0.717, 1.165) is 0 Å². The molecular formula is C33H59NO4. The molecule has 38 heavy (non-hydrogen) atoms. The van der Waals surface area contributed by atoms with E-state index >= 15 is 0 Å². The van der Waals surface area contributed by atoms with Crippen molar-refractivity contribution in [3.8, 4) is 0 Å². The zero-order valence-electron chi connectivity index (χ0n) is 25.3. The van der Waals surface area contributed by atoms with E-state index in [9.17, 15) is 14.7 Å². The fourth-order valence-electron chi connectivity index (χ4n) is 5.00. The molecule has 0 unspecified atom stereocenters. The highest BCUT2D eigenvalue weighted by molar-refractivity contribution is 6.00. The summed E-state index contributed by atoms with van der Waals surface area (Å²) in [5.74, 6) is -2.75. The molecule has 0 aliphatic carbocycles. The van der Waals surface area contributed by atoms with Crippen LogP contribution in [0.1, 0.15) is 157 Å². The van der Waals surface area contributed by atoms with Gasteiger partial charge in [0.15, 0.2) is 0 Å². The molecule has 0 amide bonds. The van der Waals surface area contributed by atoms with Gasteiger partial charge in [-0.1, -0.05) is 116 Å². The standard InChI is InChI=1S/C25H54N.C8H6O4/c1-5-8-11-14-17-20-23-26(4,24-21-18-15-12-9-6-2)25-22-19-16-13-10-7-3;9-7(10)5-3-1-2-4-6(5)8(11)12/h5-25H2,1-4H3;1-4H,(H,9,10)(H,11,12)/q+1;/p-1. The lowest BCUT2D eigenvalue weighted by Gasteiger charge is -2.35. The van der Waals surface area contributed by atoms with Gasteiger partial charge in [0, 0.05) is 5.56 Å². The van der Waals surface area contributed by atoms with Gasteiger partial charge in [-0.3, -0.25) is 0 Å². The second-order valence-electron chi connectivity index (χ2n) is 11.2. The Morgan fingerprint density at radius 1 is 0.605 bits per heavy atom. The molecule has 0 aliphatic heterocycles. The van der Waals surface area contributed by atoms with Crippen LogP contribution < -0.4 is 5.11 Å². The summed E-state index contributed by atoms with van der Waals surface area (Å²) in [6.07, 6.45) is 25.9. The van der Waals surface area contributed by atoms with E-state index in [-0.39, 0.29) is 11.1 Å². The predicted octanol–water partition coefficient (Wildman–Crippen LogP) is 8.26. The second-order valence-corrected chi connectivity index (χ2v) is 11.2. The van der Waals surface area contributed by atoms with Crippen LogP contribution in [0.5, 0.6) is 0 Å². The number of benzene rings is 1. The van der Waals surface area contributed by atoms with Crippen molar-refractivity contribution in [3.63, 3.8) is 0 Å². The fraction of sp³-hybridized carbons (Fsp3) is 0.758. The van der Waals surface area contributed by atoms with Crippen molar-refractivity contribution in [3.05, 3.63) is 35.4 Å². The number of quaternary nitrogens is 1. The molecule has 0 atom stereocenters. The lowest BCUT2D eigenvalue weighted by atomic mass is 10.1. The van der Waals surface area contributed by atoms with Gasteiger partial charge < -0.3 is 19.5 Å². The molecule has 0 fully saturated rings. The number of carbonyl (C=O) groups is 2. The number of unbranched alkanes of at least 4 members (excludes halogenated alkanes) is 15. The van der Waals surface area contributed by atoms with Crippen molar-refractivity contribution in [1.82, 2.24) is 0 Å². The van der Waals surface area contributed by atoms with E-state index < -0.39 is 11.9 Å². The number of carboxylic acid groups (broad SMARTS) is 2. The van der Waals surface area contributed by atoms with Gasteiger partial charge in [0.2, 0.25) is 0 Å². The molecule has 0 saturated carbocycles. The summed E-state index contributed by atoms with van der Waals surface area (Å²) in [5, 5.41) is 18.9. The van der Waals surface area contributed by atoms with E-state index in [1.807, 2.05) is 0 Å². The van der Waals surface area contributed by atoms with Crippen LogP contribution in [0.4, 0.5) is 0 Å². The molecule has 0 bridgehead atoms. The number of rotatable bonds is 23. The number of carbonyl (C=O) groups excluding carboxylic acids is 1. The zero-order valence-corrected chi connectivity index (χ0v) is 25.3. The average molecular weight is 534 g/mol. The van der Waals surface area contributed by atoms with Gasteiger partial charge >= 0.3 is 5.97 Å². The number of hydrogen-bond donors (Lipinski definition) is 1. The van der Waals surface area contributed by atoms with Gasteiger partial charge in [-0.15, -0.1) is 0 Å². The summed E-state index contributed by atoms with van der Waals surface area (Å²) >= 11 is 0. The molecule has 1 N–H and O–H groups in total. The molecule has 0 heterocycles. The maximum Gasteiger partial charge on any atom is 0.336 e. The highest BCUT2D eigenvalue weighted by atomic mass is 16.4. The third-order valence-electron chi connectivity index (χ3n) is 7.53. The van der Waals surface area contributed by atoms with Crippen LogP contribution in [-0.4, -0.2) is 48.2 Å². The molecule has 1 rings (SSSR count). The largest absolute Gasteiger partial charge is 0.545 e. The lowest BCUT2D eigenvalue weighted by Crippen LogP contribution is -2.46. The first kappa shape index (κ1) is 36.1. The minimum Gasteiger partial charge on any atom is -0.545 e. The Bertz CT molecular complexity index is 645. The summed E-state index contributed by atoms with van der Waals surface area (Å²) in [6.45, 7) is 11.2. The van der Waals surface area contributed by atoms with Crippen LogP contribution in [0.15, 0.2) is 24.3 Å². The molecular weight excluding hydrogens is 474 g/mol. The third-order valence-corrected chi connectivity index (χ3v) is 7.53. The molecule has 0 aromatic heterocycles. The lowest BCUT2D eigenvalue weighted by molar-refractivity contribution is -0.910. The maximum atomic E-state index is 10.4. The average Bonchev–Trinajstić information content (AvgIpc) is 2.90. The van der Waals surface area contributed by atoms with Gasteiger partial charge in [0.05, 0.1) is 38.2 Å². The molecule has 220 valence electrons. The Morgan fingerprint density at radius 3 is 1.21 bits per heavy atom. The Balaban J connectivity index is 0.000000942. The summed E-state index contributed by atoms with van der Waals surface area (Å²) in [7, 11) is 2.56. The van der Waals surface area contributed by atoms with Crippen LogP contribution in [0.25, 0.3) is 0 Å². The molecule has 5 heteroatoms. The van der Waals surface area contributed by atoms with Crippen LogP contribution in [0, 0.1) is 0 Å². The third kappa shape index (κ3) is 19.2. The number of carboxylic acids is 2. The normalized spacial score (nSPS) is 11.2. The van der Waals surface area contributed by atoms with Crippen LogP contribution in [0.2, 0.25) is 0 Å². The quantitative estimate of drug-likeness (QED) is 0.113. The molecule has 1 aromatic carbocycles. The summed E-state index contributed by atoms with van der Waals surface area (Å²) in [5.41, 5.74) is -0.553. The number of aromatic carboxylic acids is 2. The topological polar surface area (TPSA) is 77.4 Å². The minimum absolute atomic E-state index is 0.252. The van der Waals surface area contributed by atoms with Crippen molar-refractivity contribution >= 4 is 11.9 Å². The van der Waals surface area contributed by atoms with Crippen molar-refractivity contribution in [1.29, 1.82) is 0 Å². The van der Waals surface area contributed by atoms with E-state index in [2.05, 4.69) is 27.8 Å². The Hall–Kier alpha value is -1.88. The first-order chi connectivity index (χ1) is 18.3. The van der Waals surface area contributed by atoms with Crippen LogP contribution in [-0.2, 0) is 0 Å². The first-order valence-corrected chi connectivity index (χ1v) is 15.7. The maximum absolute atomic E-state index is 10.4. The zero-order chi connectivity index (χ0) is 28.5. The van der Waals surface area contributed by atoms with Crippen molar-refractivity contribution in [2.24, 2.45) is 0 Å². The molecule has 0 spiro atoms. The summed E-state index contributed by atoms with van der Waals surface area (Å²) in [6, 6.07) is 5.31. The molecule has 0 radical (unpaired) electrons. The van der Waals surface area contributed by atoms with E-state index in [1.54, 1.807) is 0 Å². The number of nitrogens with zero attached hydrogens (tertiary/aromatic N) is 1. The monoisotopic (exact) mass is 533 g/mol. The predicted molar refractivity (Wildman–Crippen MR) is 159 cm³/mol. The molecule has 0 aliphatic rings. The van der Waals surface area contributed by atoms with E-state index in [1.165, 1.54) is 164 Å². The minimum atomic E-state index is -1.48. The molecule has 5 nitrogen and oxygen atoms in total. The number of hydrogen-bond acceptors (Lipinski definition) is 3. The summed E-state index contributed by atoms with van der Waals surface area (Å²) < 4.78 is 1.36. The smallest absolute Gasteiger partial charge is 0.336 e. The SMILES string of the molecule is CCCCCCCC[N+](C)(CCCCCCCC)CCCCCCCC.O=C([O-])c1ccccc1C(=O)O. The summed E-state index contributed by atoms with van der Waals surface area (Å²) in [4.78, 5) is 20.8. The van der Waals surface area contributed by atoms with Gasteiger partial charge in [-0.2, -0.15) is 0 Å². The highest BCUT2D eigenvalue weighted by Crippen LogP contribution is 2.16. The van der Waals surface area contributed by atoms with Gasteiger partial charge in [-0.25, -0.2) is 4.79 Å². The van der Waals surface area contributed by atoms with Crippen LogP contribution >= 0.6 is 0 Å². The van der Waals surface area contributed by atoms with Gasteiger partial charge in [0.25, 0.3) is 0 Å². The van der Waals surface area contributed by atoms with Crippen molar-refractivity contribution < 1.29 is 24.3 Å². The van der Waals surface area contributed by atoms with E-state index in [4.69, 9.17) is 5.11 Å². The molecule has 1 aromatic rings. The van der Waals surface area contributed by atoms with Gasteiger partial charge in [-0.05, 0) is 44.6 Å². The Morgan fingerprint density at radius 2 is 0.921 bits per heavy atom. The van der Waals surface area contributed by atoms with Crippen LogP contribution in [0.3, 0.4) is 0 Å². The molecule has 0 saturated heterocycles. The van der Waals surface area contributed by atoms with Crippen molar-refractivity contribution in [2.45, 2.75) is 136 Å². The first-order valence-electron chi connectivity index (χ1n) is 15.7. The Labute approximate surface area is 234 Å². The van der Waals surface area contributed by atoms with Gasteiger partial charge in [0.1, 0.15) is 0 Å². The highest BCUT2D eigenvalue weighted by Gasteiger charge is 2.20. The van der Waals surface area contributed by atoms with Crippen molar-refractivity contribution in [2.75, 3.05) is 26.7 Å². The fourth-order valence-corrected chi connectivity index (χ4v) is 5.00. The second kappa shape index (κ2) is 24.2. The van der Waals surface area contributed by atoms with E-state index in [0.29, 0.717) is 0 Å².